The lowest BCUT2D eigenvalue weighted by Gasteiger charge is -2.12. The van der Waals surface area contributed by atoms with Crippen LogP contribution in [0.3, 0.4) is 0 Å². The minimum Gasteiger partial charge on any atom is -0.508 e. The van der Waals surface area contributed by atoms with E-state index in [1.807, 2.05) is 0 Å². The molecule has 0 aliphatic heterocycles. The van der Waals surface area contributed by atoms with Gasteiger partial charge in [0.1, 0.15) is 11.8 Å². The van der Waals surface area contributed by atoms with Crippen molar-refractivity contribution in [2.45, 2.75) is 13.0 Å². The van der Waals surface area contributed by atoms with Gasteiger partial charge in [0, 0.05) is 12.6 Å². The van der Waals surface area contributed by atoms with Crippen molar-refractivity contribution in [3.63, 3.8) is 0 Å². The lowest BCUT2D eigenvalue weighted by molar-refractivity contribution is -0.122. The van der Waals surface area contributed by atoms with Gasteiger partial charge in [-0.3, -0.25) is 9.59 Å². The van der Waals surface area contributed by atoms with Crippen molar-refractivity contribution in [2.24, 2.45) is 0 Å². The molecule has 16 heavy (non-hydrogen) atoms. The molecular formula is C11H14N2O3. The highest BCUT2D eigenvalue weighted by Crippen LogP contribution is 2.10. The standard InChI is InChI=1S/C11H14N2O3/c1-7(10(15)12-2)13-11(16)8-4-3-5-9(14)6-8/h3-7,14H,1-2H3,(H,12,15)(H,13,16). The van der Waals surface area contributed by atoms with Gasteiger partial charge in [-0.15, -0.1) is 0 Å². The van der Waals surface area contributed by atoms with E-state index in [1.165, 1.54) is 19.2 Å². The monoisotopic (exact) mass is 222 g/mol. The summed E-state index contributed by atoms with van der Waals surface area (Å²) in [4.78, 5) is 22.8. The van der Waals surface area contributed by atoms with E-state index < -0.39 is 11.9 Å². The molecule has 1 atom stereocenters. The van der Waals surface area contributed by atoms with Gasteiger partial charge in [0.25, 0.3) is 5.91 Å². The third kappa shape index (κ3) is 2.98. The first-order valence-electron chi connectivity index (χ1n) is 4.86. The molecular weight excluding hydrogens is 208 g/mol. The maximum Gasteiger partial charge on any atom is 0.252 e. The van der Waals surface area contributed by atoms with E-state index in [-0.39, 0.29) is 11.7 Å². The Morgan fingerprint density at radius 1 is 1.38 bits per heavy atom. The van der Waals surface area contributed by atoms with Crippen molar-refractivity contribution in [3.8, 4) is 5.75 Å². The fourth-order valence-corrected chi connectivity index (χ4v) is 1.21. The molecule has 1 aromatic carbocycles. The van der Waals surface area contributed by atoms with Gasteiger partial charge in [0.2, 0.25) is 5.91 Å². The average Bonchev–Trinajstić information content (AvgIpc) is 2.27. The van der Waals surface area contributed by atoms with E-state index in [2.05, 4.69) is 10.6 Å². The van der Waals surface area contributed by atoms with E-state index in [0.717, 1.165) is 0 Å². The zero-order valence-electron chi connectivity index (χ0n) is 9.15. The number of phenolic OH excluding ortho intramolecular Hbond substituents is 1. The number of hydrogen-bond acceptors (Lipinski definition) is 3. The minimum atomic E-state index is -0.611. The topological polar surface area (TPSA) is 78.4 Å². The van der Waals surface area contributed by atoms with Crippen LogP contribution in [0.15, 0.2) is 24.3 Å². The van der Waals surface area contributed by atoms with Crippen LogP contribution in [0, 0.1) is 0 Å². The Morgan fingerprint density at radius 3 is 2.62 bits per heavy atom. The molecule has 0 aliphatic rings. The zero-order chi connectivity index (χ0) is 12.1. The molecule has 0 bridgehead atoms. The van der Waals surface area contributed by atoms with Crippen molar-refractivity contribution >= 4 is 11.8 Å². The number of rotatable bonds is 3. The molecule has 5 nitrogen and oxygen atoms in total. The molecule has 86 valence electrons. The molecule has 2 amide bonds. The predicted molar refractivity (Wildman–Crippen MR) is 59.1 cm³/mol. The Bertz CT molecular complexity index is 404. The van der Waals surface area contributed by atoms with Gasteiger partial charge in [-0.25, -0.2) is 0 Å². The highest BCUT2D eigenvalue weighted by Gasteiger charge is 2.15. The Balaban J connectivity index is 2.69. The SMILES string of the molecule is CNC(=O)C(C)NC(=O)c1cccc(O)c1. The van der Waals surface area contributed by atoms with E-state index in [1.54, 1.807) is 19.1 Å². The van der Waals surface area contributed by atoms with Crippen LogP contribution >= 0.6 is 0 Å². The number of benzene rings is 1. The Morgan fingerprint density at radius 2 is 2.06 bits per heavy atom. The van der Waals surface area contributed by atoms with Gasteiger partial charge in [-0.05, 0) is 25.1 Å². The zero-order valence-corrected chi connectivity index (χ0v) is 9.15. The van der Waals surface area contributed by atoms with E-state index >= 15 is 0 Å². The lowest BCUT2D eigenvalue weighted by Crippen LogP contribution is -2.43. The molecule has 0 fully saturated rings. The summed E-state index contributed by atoms with van der Waals surface area (Å²) >= 11 is 0. The third-order valence-corrected chi connectivity index (χ3v) is 2.10. The first-order chi connectivity index (χ1) is 7.54. The molecule has 5 heteroatoms. The first-order valence-corrected chi connectivity index (χ1v) is 4.86. The highest BCUT2D eigenvalue weighted by molar-refractivity contribution is 5.97. The molecule has 0 saturated heterocycles. The van der Waals surface area contributed by atoms with Crippen LogP contribution in [0.4, 0.5) is 0 Å². The van der Waals surface area contributed by atoms with Crippen molar-refractivity contribution in [1.82, 2.24) is 10.6 Å². The van der Waals surface area contributed by atoms with Crippen LogP contribution in [0.25, 0.3) is 0 Å². The molecule has 1 rings (SSSR count). The summed E-state index contributed by atoms with van der Waals surface area (Å²) in [5.74, 6) is -0.652. The van der Waals surface area contributed by atoms with Gasteiger partial charge < -0.3 is 15.7 Å². The summed E-state index contributed by atoms with van der Waals surface area (Å²) in [5, 5.41) is 14.1. The summed E-state index contributed by atoms with van der Waals surface area (Å²) in [5.41, 5.74) is 0.316. The molecule has 0 heterocycles. The fourth-order valence-electron chi connectivity index (χ4n) is 1.21. The second-order valence-electron chi connectivity index (χ2n) is 3.36. The van der Waals surface area contributed by atoms with Gasteiger partial charge >= 0.3 is 0 Å². The van der Waals surface area contributed by atoms with E-state index in [9.17, 15) is 14.7 Å². The number of nitrogens with one attached hydrogen (secondary N) is 2. The predicted octanol–water partition coefficient (Wildman–Crippen LogP) is 0.256. The molecule has 0 radical (unpaired) electrons. The number of likely N-dealkylation sites (N-methyl/N-ethyl adjacent to an activating group) is 1. The van der Waals surface area contributed by atoms with Crippen molar-refractivity contribution in [2.75, 3.05) is 7.05 Å². The average molecular weight is 222 g/mol. The minimum absolute atomic E-state index is 0.0141. The largest absolute Gasteiger partial charge is 0.508 e. The number of amides is 2. The number of aromatic hydroxyl groups is 1. The van der Waals surface area contributed by atoms with Crippen LogP contribution in [0.2, 0.25) is 0 Å². The molecule has 0 aliphatic carbocycles. The Kier molecular flexibility index (Phi) is 3.88. The molecule has 0 spiro atoms. The number of phenols is 1. The molecule has 0 saturated carbocycles. The second kappa shape index (κ2) is 5.16. The Hall–Kier alpha value is -2.04. The summed E-state index contributed by atoms with van der Waals surface area (Å²) < 4.78 is 0. The van der Waals surface area contributed by atoms with Gasteiger partial charge in [-0.2, -0.15) is 0 Å². The van der Waals surface area contributed by atoms with Crippen molar-refractivity contribution < 1.29 is 14.7 Å². The van der Waals surface area contributed by atoms with Crippen LogP contribution in [-0.2, 0) is 4.79 Å². The number of hydrogen-bond donors (Lipinski definition) is 3. The summed E-state index contributed by atoms with van der Waals surface area (Å²) in [7, 11) is 1.50. The maximum absolute atomic E-state index is 11.6. The van der Waals surface area contributed by atoms with Crippen LogP contribution in [-0.4, -0.2) is 30.0 Å². The molecule has 1 unspecified atom stereocenters. The fraction of sp³-hybridized carbons (Fsp3) is 0.273. The van der Waals surface area contributed by atoms with Crippen molar-refractivity contribution in [1.29, 1.82) is 0 Å². The van der Waals surface area contributed by atoms with Gasteiger partial charge in [0.05, 0.1) is 0 Å². The quantitative estimate of drug-likeness (QED) is 0.686. The van der Waals surface area contributed by atoms with Crippen LogP contribution < -0.4 is 10.6 Å². The first kappa shape index (κ1) is 12.0. The second-order valence-corrected chi connectivity index (χ2v) is 3.36. The smallest absolute Gasteiger partial charge is 0.252 e. The number of carbonyl (C=O) groups is 2. The molecule has 1 aromatic rings. The van der Waals surface area contributed by atoms with E-state index in [4.69, 9.17) is 0 Å². The summed E-state index contributed by atoms with van der Waals surface area (Å²) in [6.45, 7) is 1.58. The van der Waals surface area contributed by atoms with Crippen molar-refractivity contribution in [3.05, 3.63) is 29.8 Å². The molecule has 3 N–H and O–H groups in total. The number of carbonyl (C=O) groups excluding carboxylic acids is 2. The van der Waals surface area contributed by atoms with Crippen LogP contribution in [0.5, 0.6) is 5.75 Å². The normalized spacial score (nSPS) is 11.6. The lowest BCUT2D eigenvalue weighted by atomic mass is 10.2. The van der Waals surface area contributed by atoms with Gasteiger partial charge in [0.15, 0.2) is 0 Å². The summed E-state index contributed by atoms with van der Waals surface area (Å²) in [6.07, 6.45) is 0. The third-order valence-electron chi connectivity index (χ3n) is 2.10. The van der Waals surface area contributed by atoms with Crippen LogP contribution in [0.1, 0.15) is 17.3 Å². The van der Waals surface area contributed by atoms with Gasteiger partial charge in [-0.1, -0.05) is 6.07 Å². The highest BCUT2D eigenvalue weighted by atomic mass is 16.3. The molecule has 0 aromatic heterocycles. The maximum atomic E-state index is 11.6. The Labute approximate surface area is 93.5 Å². The summed E-state index contributed by atoms with van der Waals surface area (Å²) in [6, 6.07) is 5.32. The van der Waals surface area contributed by atoms with E-state index in [0.29, 0.717) is 5.56 Å².